The van der Waals surface area contributed by atoms with E-state index in [0.717, 1.165) is 50.5 Å². The molecule has 7 nitrogen and oxygen atoms in total. The normalized spacial score (nSPS) is 16.0. The number of rotatable bonds is 16. The Bertz CT molecular complexity index is 833. The quantitative estimate of drug-likeness (QED) is 0.186. The zero-order valence-electron chi connectivity index (χ0n) is 20.7. The summed E-state index contributed by atoms with van der Waals surface area (Å²) in [7, 11) is 0. The van der Waals surface area contributed by atoms with Gasteiger partial charge in [0.05, 0.1) is 24.1 Å². The van der Waals surface area contributed by atoms with Crippen molar-refractivity contribution in [1.82, 2.24) is 10.6 Å². The van der Waals surface area contributed by atoms with Crippen LogP contribution in [-0.2, 0) is 19.1 Å². The molecule has 0 aromatic heterocycles. The van der Waals surface area contributed by atoms with E-state index in [1.165, 1.54) is 0 Å². The second kappa shape index (κ2) is 15.1. The van der Waals surface area contributed by atoms with Gasteiger partial charge in [0.15, 0.2) is 0 Å². The van der Waals surface area contributed by atoms with Crippen molar-refractivity contribution in [1.29, 1.82) is 0 Å². The Kier molecular flexibility index (Phi) is 12.2. The molecule has 1 aromatic rings. The van der Waals surface area contributed by atoms with E-state index in [-0.39, 0.29) is 37.4 Å². The largest absolute Gasteiger partial charge is 0.463 e. The summed E-state index contributed by atoms with van der Waals surface area (Å²) in [5.74, 6) is -1.49. The fourth-order valence-corrected chi connectivity index (χ4v) is 4.43. The van der Waals surface area contributed by atoms with Gasteiger partial charge in [0.2, 0.25) is 11.8 Å². The van der Waals surface area contributed by atoms with Gasteiger partial charge in [-0.1, -0.05) is 55.3 Å². The summed E-state index contributed by atoms with van der Waals surface area (Å²) in [5, 5.41) is 15.7. The average Bonchev–Trinajstić information content (AvgIpc) is 3.33. The maximum atomic E-state index is 13.2. The van der Waals surface area contributed by atoms with Crippen molar-refractivity contribution < 1.29 is 24.2 Å². The van der Waals surface area contributed by atoms with E-state index < -0.39 is 17.5 Å². The lowest BCUT2D eigenvalue weighted by atomic mass is 9.95. The van der Waals surface area contributed by atoms with Gasteiger partial charge in [-0.3, -0.25) is 14.4 Å². The van der Waals surface area contributed by atoms with E-state index in [0.29, 0.717) is 12.8 Å². The van der Waals surface area contributed by atoms with Gasteiger partial charge in [-0.05, 0) is 44.1 Å². The molecule has 2 atom stereocenters. The first kappa shape index (κ1) is 28.3. The number of ether oxygens (including phenoxy) is 1. The standard InChI is InChI=1S/C28H40N2O5/c1-3-5-6-10-16-26(33)35-20-24(22-14-8-7-9-15-22)29-27(34)23(13-4-2)19-25(32)30-28(21-31)17-11-12-18-28/h3-4,7-9,14-15,23-24,31H,1-2,5-6,10-13,16-21H2,(H,29,34)(H,30,32)/t23-,24+/m0/s1. The minimum absolute atomic E-state index is 0.00972. The number of aliphatic hydroxyl groups is 1. The molecular formula is C28H40N2O5. The molecule has 192 valence electrons. The number of nitrogens with one attached hydrogen (secondary N) is 2. The van der Waals surface area contributed by atoms with E-state index in [9.17, 15) is 19.5 Å². The van der Waals surface area contributed by atoms with Crippen LogP contribution in [-0.4, -0.2) is 41.6 Å². The zero-order chi connectivity index (χ0) is 25.5. The molecule has 0 radical (unpaired) electrons. The fraction of sp³-hybridized carbons (Fsp3) is 0.536. The van der Waals surface area contributed by atoms with Crippen LogP contribution in [0.25, 0.3) is 0 Å². The number of esters is 1. The molecule has 2 amide bonds. The Morgan fingerprint density at radius 2 is 1.80 bits per heavy atom. The van der Waals surface area contributed by atoms with Crippen molar-refractivity contribution in [3.05, 3.63) is 61.2 Å². The molecule has 0 spiro atoms. The molecule has 1 aliphatic carbocycles. The molecule has 35 heavy (non-hydrogen) atoms. The Labute approximate surface area is 209 Å². The van der Waals surface area contributed by atoms with Crippen molar-refractivity contribution in [2.24, 2.45) is 5.92 Å². The Hall–Kier alpha value is -2.93. The first-order valence-corrected chi connectivity index (χ1v) is 12.6. The van der Waals surface area contributed by atoms with Crippen molar-refractivity contribution in [3.63, 3.8) is 0 Å². The first-order chi connectivity index (χ1) is 16.9. The third-order valence-electron chi connectivity index (χ3n) is 6.49. The molecule has 2 rings (SSSR count). The maximum Gasteiger partial charge on any atom is 0.305 e. The minimum atomic E-state index is -0.620. The van der Waals surface area contributed by atoms with Gasteiger partial charge in [-0.15, -0.1) is 13.2 Å². The monoisotopic (exact) mass is 484 g/mol. The lowest BCUT2D eigenvalue weighted by molar-refractivity contribution is -0.145. The van der Waals surface area contributed by atoms with E-state index in [1.807, 2.05) is 36.4 Å². The summed E-state index contributed by atoms with van der Waals surface area (Å²) in [4.78, 5) is 38.1. The number of aliphatic hydroxyl groups excluding tert-OH is 1. The average molecular weight is 485 g/mol. The second-order valence-electron chi connectivity index (χ2n) is 9.31. The second-order valence-corrected chi connectivity index (χ2v) is 9.31. The highest BCUT2D eigenvalue weighted by atomic mass is 16.5. The highest BCUT2D eigenvalue weighted by molar-refractivity contribution is 5.86. The molecule has 3 N–H and O–H groups in total. The number of hydrogen-bond acceptors (Lipinski definition) is 5. The topological polar surface area (TPSA) is 105 Å². The van der Waals surface area contributed by atoms with Crippen LogP contribution < -0.4 is 10.6 Å². The van der Waals surface area contributed by atoms with Crippen LogP contribution in [0.5, 0.6) is 0 Å². The SMILES string of the molecule is C=CCCCCC(=O)OC[C@@H](NC(=O)[C@@H](CC=C)CC(=O)NC1(CO)CCCC1)c1ccccc1. The number of carbonyl (C=O) groups excluding carboxylic acids is 3. The molecule has 0 aliphatic heterocycles. The smallest absolute Gasteiger partial charge is 0.305 e. The summed E-state index contributed by atoms with van der Waals surface area (Å²) in [6, 6.07) is 8.78. The fourth-order valence-electron chi connectivity index (χ4n) is 4.43. The summed E-state index contributed by atoms with van der Waals surface area (Å²) in [6.07, 6.45) is 9.93. The summed E-state index contributed by atoms with van der Waals surface area (Å²) < 4.78 is 5.47. The van der Waals surface area contributed by atoms with Crippen LogP contribution in [0.15, 0.2) is 55.6 Å². The van der Waals surface area contributed by atoms with Crippen LogP contribution in [0.4, 0.5) is 0 Å². The zero-order valence-corrected chi connectivity index (χ0v) is 20.7. The van der Waals surface area contributed by atoms with Gasteiger partial charge < -0.3 is 20.5 Å². The third-order valence-corrected chi connectivity index (χ3v) is 6.49. The molecule has 1 saturated carbocycles. The maximum absolute atomic E-state index is 13.2. The van der Waals surface area contributed by atoms with Crippen LogP contribution in [0, 0.1) is 5.92 Å². The lowest BCUT2D eigenvalue weighted by Crippen LogP contribution is -2.50. The molecule has 0 bridgehead atoms. The van der Waals surface area contributed by atoms with Gasteiger partial charge in [-0.25, -0.2) is 0 Å². The molecule has 1 aliphatic rings. The molecule has 1 fully saturated rings. The highest BCUT2D eigenvalue weighted by Crippen LogP contribution is 2.29. The van der Waals surface area contributed by atoms with E-state index in [2.05, 4.69) is 23.8 Å². The number of benzene rings is 1. The molecule has 0 unspecified atom stereocenters. The predicted octanol–water partition coefficient (Wildman–Crippen LogP) is 4.14. The van der Waals surface area contributed by atoms with Gasteiger partial charge in [0, 0.05) is 12.8 Å². The van der Waals surface area contributed by atoms with Crippen molar-refractivity contribution >= 4 is 17.8 Å². The van der Waals surface area contributed by atoms with Crippen molar-refractivity contribution in [2.75, 3.05) is 13.2 Å². The Balaban J connectivity index is 2.00. The molecular weight excluding hydrogens is 444 g/mol. The predicted molar refractivity (Wildman–Crippen MR) is 136 cm³/mol. The first-order valence-electron chi connectivity index (χ1n) is 12.6. The summed E-state index contributed by atoms with van der Waals surface area (Å²) in [6.45, 7) is 7.32. The van der Waals surface area contributed by atoms with Gasteiger partial charge >= 0.3 is 5.97 Å². The Morgan fingerprint density at radius 1 is 1.09 bits per heavy atom. The van der Waals surface area contributed by atoms with Crippen LogP contribution in [0.1, 0.15) is 75.8 Å². The van der Waals surface area contributed by atoms with E-state index in [4.69, 9.17) is 4.74 Å². The number of allylic oxidation sites excluding steroid dienone is 2. The number of amides is 2. The summed E-state index contributed by atoms with van der Waals surface area (Å²) in [5.41, 5.74) is 0.228. The summed E-state index contributed by atoms with van der Waals surface area (Å²) >= 11 is 0. The number of hydrogen-bond donors (Lipinski definition) is 3. The number of unbranched alkanes of at least 4 members (excludes halogenated alkanes) is 2. The van der Waals surface area contributed by atoms with E-state index in [1.54, 1.807) is 6.08 Å². The van der Waals surface area contributed by atoms with Crippen molar-refractivity contribution in [2.45, 2.75) is 75.8 Å². The minimum Gasteiger partial charge on any atom is -0.463 e. The molecule has 0 heterocycles. The molecule has 0 saturated heterocycles. The van der Waals surface area contributed by atoms with E-state index >= 15 is 0 Å². The lowest BCUT2D eigenvalue weighted by Gasteiger charge is -2.29. The Morgan fingerprint density at radius 3 is 2.43 bits per heavy atom. The third kappa shape index (κ3) is 9.68. The van der Waals surface area contributed by atoms with Gasteiger partial charge in [-0.2, -0.15) is 0 Å². The van der Waals surface area contributed by atoms with Crippen LogP contribution in [0.3, 0.4) is 0 Å². The molecule has 1 aromatic carbocycles. The molecule has 7 heteroatoms. The van der Waals surface area contributed by atoms with Gasteiger partial charge in [0.1, 0.15) is 6.61 Å². The van der Waals surface area contributed by atoms with Crippen LogP contribution >= 0.6 is 0 Å². The highest BCUT2D eigenvalue weighted by Gasteiger charge is 2.35. The van der Waals surface area contributed by atoms with Crippen molar-refractivity contribution in [3.8, 4) is 0 Å². The van der Waals surface area contributed by atoms with Gasteiger partial charge in [0.25, 0.3) is 0 Å². The van der Waals surface area contributed by atoms with Crippen LogP contribution in [0.2, 0.25) is 0 Å². The number of carbonyl (C=O) groups is 3.